The van der Waals surface area contributed by atoms with E-state index >= 15 is 0 Å². The quantitative estimate of drug-likeness (QED) is 0.738. The van der Waals surface area contributed by atoms with E-state index in [1.807, 2.05) is 0 Å². The second-order valence-electron chi connectivity index (χ2n) is 6.99. The topological polar surface area (TPSA) is 12.0 Å². The molecule has 17 heavy (non-hydrogen) atoms. The Labute approximate surface area is 109 Å². The van der Waals surface area contributed by atoms with Crippen LogP contribution in [0, 0.1) is 17.3 Å². The molecule has 1 unspecified atom stereocenters. The zero-order valence-electron chi connectivity index (χ0n) is 12.7. The first kappa shape index (κ1) is 15.0. The van der Waals surface area contributed by atoms with E-state index in [0.717, 1.165) is 11.8 Å². The molecule has 0 aromatic carbocycles. The highest BCUT2D eigenvalue weighted by Gasteiger charge is 2.33. The van der Waals surface area contributed by atoms with Crippen LogP contribution in [0.2, 0.25) is 0 Å². The second kappa shape index (κ2) is 6.78. The zero-order valence-corrected chi connectivity index (χ0v) is 12.7. The van der Waals surface area contributed by atoms with Crippen molar-refractivity contribution in [3.63, 3.8) is 0 Å². The van der Waals surface area contributed by atoms with Crippen molar-refractivity contribution in [1.82, 2.24) is 5.32 Å². The van der Waals surface area contributed by atoms with Gasteiger partial charge in [-0.15, -0.1) is 0 Å². The van der Waals surface area contributed by atoms with Crippen LogP contribution in [0.25, 0.3) is 0 Å². The largest absolute Gasteiger partial charge is 0.313 e. The summed E-state index contributed by atoms with van der Waals surface area (Å²) in [5.74, 6) is 1.92. The van der Waals surface area contributed by atoms with Crippen LogP contribution < -0.4 is 5.32 Å². The molecule has 0 aliphatic heterocycles. The fourth-order valence-corrected chi connectivity index (χ4v) is 3.41. The molecule has 0 heterocycles. The predicted octanol–water partition coefficient (Wildman–Crippen LogP) is 4.62. The summed E-state index contributed by atoms with van der Waals surface area (Å²) in [5, 5.41) is 3.81. The van der Waals surface area contributed by atoms with Gasteiger partial charge in [0.15, 0.2) is 0 Å². The van der Waals surface area contributed by atoms with Crippen LogP contribution in [-0.4, -0.2) is 12.6 Å². The molecule has 1 fully saturated rings. The van der Waals surface area contributed by atoms with E-state index in [0.29, 0.717) is 11.5 Å². The lowest BCUT2D eigenvalue weighted by atomic mass is 9.70. The van der Waals surface area contributed by atoms with Crippen LogP contribution in [0.4, 0.5) is 0 Å². The Bertz CT molecular complexity index is 196. The van der Waals surface area contributed by atoms with Gasteiger partial charge in [0.25, 0.3) is 0 Å². The molecule has 0 amide bonds. The highest BCUT2D eigenvalue weighted by atomic mass is 14.9. The third-order valence-corrected chi connectivity index (χ3v) is 4.49. The molecule has 1 aliphatic rings. The molecule has 0 aromatic heterocycles. The third-order valence-electron chi connectivity index (χ3n) is 4.49. The minimum Gasteiger partial charge on any atom is -0.313 e. The SMILES string of the molecule is CCCNC(C1CCC(CC)CC1)C(C)(C)C. The summed E-state index contributed by atoms with van der Waals surface area (Å²) in [6.45, 7) is 13.0. The van der Waals surface area contributed by atoms with E-state index in [9.17, 15) is 0 Å². The summed E-state index contributed by atoms with van der Waals surface area (Å²) < 4.78 is 0. The fraction of sp³-hybridized carbons (Fsp3) is 1.00. The molecule has 0 aromatic rings. The zero-order chi connectivity index (χ0) is 12.9. The van der Waals surface area contributed by atoms with E-state index in [1.54, 1.807) is 0 Å². The van der Waals surface area contributed by atoms with Crippen molar-refractivity contribution in [1.29, 1.82) is 0 Å². The molecule has 1 rings (SSSR count). The number of hydrogen-bond acceptors (Lipinski definition) is 1. The molecule has 1 saturated carbocycles. The molecule has 1 heteroatoms. The van der Waals surface area contributed by atoms with Crippen LogP contribution in [0.3, 0.4) is 0 Å². The molecule has 1 atom stereocenters. The van der Waals surface area contributed by atoms with Gasteiger partial charge in [-0.1, -0.05) is 53.9 Å². The average Bonchev–Trinajstić information content (AvgIpc) is 2.29. The van der Waals surface area contributed by atoms with Crippen molar-refractivity contribution in [2.45, 2.75) is 79.2 Å². The van der Waals surface area contributed by atoms with Gasteiger partial charge in [0.05, 0.1) is 0 Å². The van der Waals surface area contributed by atoms with Crippen LogP contribution in [0.1, 0.15) is 73.1 Å². The van der Waals surface area contributed by atoms with Gasteiger partial charge in [-0.2, -0.15) is 0 Å². The third kappa shape index (κ3) is 4.62. The lowest BCUT2D eigenvalue weighted by Crippen LogP contribution is -2.47. The van der Waals surface area contributed by atoms with E-state index in [-0.39, 0.29) is 0 Å². The number of nitrogens with one attached hydrogen (secondary N) is 1. The second-order valence-corrected chi connectivity index (χ2v) is 6.99. The van der Waals surface area contributed by atoms with Gasteiger partial charge in [-0.3, -0.25) is 0 Å². The minimum absolute atomic E-state index is 0.402. The van der Waals surface area contributed by atoms with Crippen LogP contribution in [0.5, 0.6) is 0 Å². The van der Waals surface area contributed by atoms with Crippen molar-refractivity contribution in [3.05, 3.63) is 0 Å². The lowest BCUT2D eigenvalue weighted by molar-refractivity contribution is 0.138. The Balaban J connectivity index is 2.53. The molecular formula is C16H33N. The Morgan fingerprint density at radius 2 is 1.65 bits per heavy atom. The first-order valence-electron chi connectivity index (χ1n) is 7.72. The molecular weight excluding hydrogens is 206 g/mol. The van der Waals surface area contributed by atoms with Crippen molar-refractivity contribution < 1.29 is 0 Å². The average molecular weight is 239 g/mol. The summed E-state index contributed by atoms with van der Waals surface area (Å²) >= 11 is 0. The smallest absolute Gasteiger partial charge is 0.0144 e. The summed E-state index contributed by atoms with van der Waals surface area (Å²) in [4.78, 5) is 0. The Hall–Kier alpha value is -0.0400. The molecule has 0 radical (unpaired) electrons. The fourth-order valence-electron chi connectivity index (χ4n) is 3.41. The summed E-state index contributed by atoms with van der Waals surface area (Å²) in [7, 11) is 0. The molecule has 102 valence electrons. The summed E-state index contributed by atoms with van der Waals surface area (Å²) in [6, 6.07) is 0.709. The lowest BCUT2D eigenvalue weighted by Gasteiger charge is -2.41. The van der Waals surface area contributed by atoms with Crippen LogP contribution >= 0.6 is 0 Å². The molecule has 0 bridgehead atoms. The van der Waals surface area contributed by atoms with Gasteiger partial charge in [0, 0.05) is 6.04 Å². The minimum atomic E-state index is 0.402. The maximum atomic E-state index is 3.81. The molecule has 0 spiro atoms. The van der Waals surface area contributed by atoms with Crippen molar-refractivity contribution in [2.75, 3.05) is 6.54 Å². The van der Waals surface area contributed by atoms with Crippen molar-refractivity contribution >= 4 is 0 Å². The van der Waals surface area contributed by atoms with Gasteiger partial charge in [0.1, 0.15) is 0 Å². The number of hydrogen-bond donors (Lipinski definition) is 1. The van der Waals surface area contributed by atoms with Crippen LogP contribution in [0.15, 0.2) is 0 Å². The predicted molar refractivity (Wildman–Crippen MR) is 77.3 cm³/mol. The highest BCUT2D eigenvalue weighted by molar-refractivity contribution is 4.89. The van der Waals surface area contributed by atoms with E-state index in [1.165, 1.54) is 45.1 Å². The van der Waals surface area contributed by atoms with Crippen molar-refractivity contribution in [2.24, 2.45) is 17.3 Å². The molecule has 0 saturated heterocycles. The Kier molecular flexibility index (Phi) is 5.99. The monoisotopic (exact) mass is 239 g/mol. The van der Waals surface area contributed by atoms with Gasteiger partial charge in [-0.05, 0) is 43.1 Å². The maximum Gasteiger partial charge on any atom is 0.0144 e. The first-order chi connectivity index (χ1) is 7.99. The van der Waals surface area contributed by atoms with Gasteiger partial charge >= 0.3 is 0 Å². The number of rotatable bonds is 5. The normalized spacial score (nSPS) is 28.1. The highest BCUT2D eigenvalue weighted by Crippen LogP contribution is 2.37. The summed E-state index contributed by atoms with van der Waals surface area (Å²) in [5.41, 5.74) is 0.402. The maximum absolute atomic E-state index is 3.81. The molecule has 1 nitrogen and oxygen atoms in total. The Morgan fingerprint density at radius 1 is 1.06 bits per heavy atom. The van der Waals surface area contributed by atoms with E-state index < -0.39 is 0 Å². The summed E-state index contributed by atoms with van der Waals surface area (Å²) in [6.07, 6.45) is 8.43. The van der Waals surface area contributed by atoms with Crippen molar-refractivity contribution in [3.8, 4) is 0 Å². The molecule has 1 N–H and O–H groups in total. The Morgan fingerprint density at radius 3 is 2.06 bits per heavy atom. The first-order valence-corrected chi connectivity index (χ1v) is 7.72. The van der Waals surface area contributed by atoms with Gasteiger partial charge in [0.2, 0.25) is 0 Å². The van der Waals surface area contributed by atoms with Gasteiger partial charge in [-0.25, -0.2) is 0 Å². The van der Waals surface area contributed by atoms with Crippen LogP contribution in [-0.2, 0) is 0 Å². The van der Waals surface area contributed by atoms with E-state index in [4.69, 9.17) is 0 Å². The van der Waals surface area contributed by atoms with Gasteiger partial charge < -0.3 is 5.32 Å². The van der Waals surface area contributed by atoms with E-state index in [2.05, 4.69) is 39.9 Å². The standard InChI is InChI=1S/C16H33N/c1-6-12-17-15(16(3,4)5)14-10-8-13(7-2)9-11-14/h13-15,17H,6-12H2,1-5H3. The molecule has 1 aliphatic carbocycles.